The van der Waals surface area contributed by atoms with Crippen molar-refractivity contribution in [2.45, 2.75) is 12.7 Å². The smallest absolute Gasteiger partial charge is 0.401 e. The lowest BCUT2D eigenvalue weighted by Gasteiger charge is -2.21. The molecule has 0 bridgehead atoms. The Kier molecular flexibility index (Phi) is 5.75. The molecule has 1 rings (SSSR count). The monoisotopic (exact) mass is 404 g/mol. The molecule has 0 saturated carbocycles. The van der Waals surface area contributed by atoms with Crippen LogP contribution in [0.3, 0.4) is 0 Å². The molecule has 0 saturated heterocycles. The highest BCUT2D eigenvalue weighted by Gasteiger charge is 2.31. The number of hydrogen-bond acceptors (Lipinski definition) is 3. The van der Waals surface area contributed by atoms with Crippen LogP contribution in [-0.4, -0.2) is 40.2 Å². The number of pyridine rings is 1. The van der Waals surface area contributed by atoms with Gasteiger partial charge in [0.25, 0.3) is 0 Å². The van der Waals surface area contributed by atoms with Crippen LogP contribution in [0.2, 0.25) is 0 Å². The molecule has 1 aromatic rings. The van der Waals surface area contributed by atoms with Gasteiger partial charge in [0.1, 0.15) is 0 Å². The molecule has 0 aliphatic carbocycles. The summed E-state index contributed by atoms with van der Waals surface area (Å²) in [6.45, 7) is -2.22. The summed E-state index contributed by atoms with van der Waals surface area (Å²) in [5, 5.41) is 8.62. The normalized spacial score (nSPS) is 11.9. The first kappa shape index (κ1) is 16.4. The topological polar surface area (TPSA) is 53.4 Å². The lowest BCUT2D eigenvalue weighted by molar-refractivity contribution is -0.155. The van der Waals surface area contributed by atoms with E-state index in [1.165, 1.54) is 6.20 Å². The predicted molar refractivity (Wildman–Crippen MR) is 68.6 cm³/mol. The summed E-state index contributed by atoms with van der Waals surface area (Å²) < 4.78 is 38.2. The Morgan fingerprint density at radius 3 is 2.53 bits per heavy atom. The van der Waals surface area contributed by atoms with E-state index in [1.54, 1.807) is 6.07 Å². The largest absolute Gasteiger partial charge is 0.480 e. The number of rotatable bonds is 5. The quantitative estimate of drug-likeness (QED) is 0.817. The van der Waals surface area contributed by atoms with Gasteiger partial charge in [0, 0.05) is 21.7 Å². The zero-order valence-electron chi connectivity index (χ0n) is 9.42. The molecular weight excluding hydrogens is 397 g/mol. The van der Waals surface area contributed by atoms with E-state index < -0.39 is 25.2 Å². The van der Waals surface area contributed by atoms with Crippen LogP contribution in [0.15, 0.2) is 21.2 Å². The van der Waals surface area contributed by atoms with Crippen LogP contribution in [0, 0.1) is 0 Å². The second-order valence-electron chi connectivity index (χ2n) is 3.74. The van der Waals surface area contributed by atoms with Crippen LogP contribution >= 0.6 is 31.9 Å². The molecule has 0 aliphatic rings. The molecule has 9 heteroatoms. The summed E-state index contributed by atoms with van der Waals surface area (Å²) in [6, 6.07) is 1.63. The van der Waals surface area contributed by atoms with Crippen molar-refractivity contribution in [2.24, 2.45) is 0 Å². The van der Waals surface area contributed by atoms with Gasteiger partial charge in [0.2, 0.25) is 0 Å². The van der Waals surface area contributed by atoms with Crippen LogP contribution in [0.25, 0.3) is 0 Å². The summed E-state index contributed by atoms with van der Waals surface area (Å²) in [4.78, 5) is 15.3. The standard InChI is InChI=1S/C10H9Br2F3N2O2/c11-6-1-7(12)8(16-2-6)3-17(4-9(18)19)5-10(13,14)15/h1-2H,3-5H2,(H,18,19). The van der Waals surface area contributed by atoms with Crippen molar-refractivity contribution >= 4 is 37.8 Å². The number of carbonyl (C=O) groups is 1. The summed E-state index contributed by atoms with van der Waals surface area (Å²) in [7, 11) is 0. The first-order valence-electron chi connectivity index (χ1n) is 4.98. The molecule has 0 fully saturated rings. The van der Waals surface area contributed by atoms with Crippen LogP contribution in [0.4, 0.5) is 13.2 Å². The lowest BCUT2D eigenvalue weighted by atomic mass is 10.3. The highest BCUT2D eigenvalue weighted by atomic mass is 79.9. The van der Waals surface area contributed by atoms with Crippen molar-refractivity contribution < 1.29 is 23.1 Å². The maximum absolute atomic E-state index is 12.3. The third-order valence-electron chi connectivity index (χ3n) is 2.02. The minimum absolute atomic E-state index is 0.209. The van der Waals surface area contributed by atoms with Crippen LogP contribution in [-0.2, 0) is 11.3 Å². The average molecular weight is 406 g/mol. The van der Waals surface area contributed by atoms with E-state index in [0.29, 0.717) is 14.6 Å². The summed E-state index contributed by atoms with van der Waals surface area (Å²) in [5.74, 6) is -1.32. The number of alkyl halides is 3. The van der Waals surface area contributed by atoms with E-state index in [0.717, 1.165) is 4.90 Å². The SMILES string of the molecule is O=C(O)CN(Cc1ncc(Br)cc1Br)CC(F)(F)F. The first-order chi connectivity index (χ1) is 8.67. The number of hydrogen-bond donors (Lipinski definition) is 1. The van der Waals surface area contributed by atoms with Gasteiger partial charge in [0.05, 0.1) is 18.8 Å². The molecular formula is C10H9Br2F3N2O2. The van der Waals surface area contributed by atoms with Gasteiger partial charge in [0.15, 0.2) is 0 Å². The van der Waals surface area contributed by atoms with Crippen molar-refractivity contribution in [3.05, 3.63) is 26.9 Å². The van der Waals surface area contributed by atoms with Crippen LogP contribution in [0.5, 0.6) is 0 Å². The Balaban J connectivity index is 2.84. The van der Waals surface area contributed by atoms with E-state index in [-0.39, 0.29) is 6.54 Å². The molecule has 0 aliphatic heterocycles. The van der Waals surface area contributed by atoms with Gasteiger partial charge in [-0.3, -0.25) is 14.7 Å². The van der Waals surface area contributed by atoms with Gasteiger partial charge in [-0.15, -0.1) is 0 Å². The molecule has 106 valence electrons. The maximum atomic E-state index is 12.3. The minimum Gasteiger partial charge on any atom is -0.480 e. The van der Waals surface area contributed by atoms with E-state index >= 15 is 0 Å². The lowest BCUT2D eigenvalue weighted by Crippen LogP contribution is -2.37. The van der Waals surface area contributed by atoms with Gasteiger partial charge in [-0.1, -0.05) is 0 Å². The van der Waals surface area contributed by atoms with Crippen molar-refractivity contribution in [2.75, 3.05) is 13.1 Å². The highest BCUT2D eigenvalue weighted by molar-refractivity contribution is 9.11. The van der Waals surface area contributed by atoms with Gasteiger partial charge in [-0.05, 0) is 37.9 Å². The zero-order valence-corrected chi connectivity index (χ0v) is 12.6. The van der Waals surface area contributed by atoms with Crippen molar-refractivity contribution in [3.8, 4) is 0 Å². The fraction of sp³-hybridized carbons (Fsp3) is 0.400. The van der Waals surface area contributed by atoms with Gasteiger partial charge in [-0.2, -0.15) is 13.2 Å². The molecule has 0 radical (unpaired) electrons. The predicted octanol–water partition coefficient (Wildman–Crippen LogP) is 3.06. The molecule has 1 N–H and O–H groups in total. The molecule has 0 aromatic carbocycles. The average Bonchev–Trinajstić information content (AvgIpc) is 2.18. The molecule has 1 aromatic heterocycles. The second kappa shape index (κ2) is 6.67. The van der Waals surface area contributed by atoms with E-state index in [2.05, 4.69) is 36.8 Å². The molecule has 19 heavy (non-hydrogen) atoms. The molecule has 4 nitrogen and oxygen atoms in total. The van der Waals surface area contributed by atoms with Crippen molar-refractivity contribution in [3.63, 3.8) is 0 Å². The third kappa shape index (κ3) is 6.35. The Hall–Kier alpha value is -0.670. The Morgan fingerprint density at radius 2 is 2.05 bits per heavy atom. The van der Waals surface area contributed by atoms with Crippen LogP contribution < -0.4 is 0 Å². The Morgan fingerprint density at radius 1 is 1.42 bits per heavy atom. The number of aromatic nitrogens is 1. The zero-order chi connectivity index (χ0) is 14.6. The number of carboxylic acid groups (broad SMARTS) is 1. The maximum Gasteiger partial charge on any atom is 0.401 e. The summed E-state index contributed by atoms with van der Waals surface area (Å²) >= 11 is 6.35. The van der Waals surface area contributed by atoms with Crippen molar-refractivity contribution in [1.82, 2.24) is 9.88 Å². The fourth-order valence-electron chi connectivity index (χ4n) is 1.38. The molecule has 0 unspecified atom stereocenters. The number of halogens is 5. The van der Waals surface area contributed by atoms with Gasteiger partial charge >= 0.3 is 12.1 Å². The van der Waals surface area contributed by atoms with Crippen molar-refractivity contribution in [1.29, 1.82) is 0 Å². The Bertz CT molecular complexity index is 469. The van der Waals surface area contributed by atoms with E-state index in [9.17, 15) is 18.0 Å². The summed E-state index contributed by atoms with van der Waals surface area (Å²) in [5.41, 5.74) is 0.341. The number of nitrogens with zero attached hydrogens (tertiary/aromatic N) is 2. The molecule has 0 atom stereocenters. The number of carboxylic acids is 1. The van der Waals surface area contributed by atoms with E-state index in [1.807, 2.05) is 0 Å². The molecule has 0 spiro atoms. The second-order valence-corrected chi connectivity index (χ2v) is 5.51. The third-order valence-corrected chi connectivity index (χ3v) is 3.14. The highest BCUT2D eigenvalue weighted by Crippen LogP contribution is 2.23. The van der Waals surface area contributed by atoms with Crippen LogP contribution in [0.1, 0.15) is 5.69 Å². The van der Waals surface area contributed by atoms with E-state index in [4.69, 9.17) is 5.11 Å². The van der Waals surface area contributed by atoms with Gasteiger partial charge in [-0.25, -0.2) is 0 Å². The molecule has 1 heterocycles. The molecule has 0 amide bonds. The Labute approximate surface area is 123 Å². The summed E-state index contributed by atoms with van der Waals surface area (Å²) in [6.07, 6.45) is -3.02. The fourth-order valence-corrected chi connectivity index (χ4v) is 2.50. The minimum atomic E-state index is -4.46. The first-order valence-corrected chi connectivity index (χ1v) is 6.57. The number of aliphatic carboxylic acids is 1. The van der Waals surface area contributed by atoms with Gasteiger partial charge < -0.3 is 5.11 Å².